The van der Waals surface area contributed by atoms with E-state index in [1.807, 2.05) is 0 Å². The third-order valence-corrected chi connectivity index (χ3v) is 5.62. The molecule has 0 aliphatic carbocycles. The van der Waals surface area contributed by atoms with Gasteiger partial charge in [0.25, 0.3) is 11.7 Å². The zero-order valence-electron chi connectivity index (χ0n) is 18.3. The quantitative estimate of drug-likeness (QED) is 0.317. The first-order valence-corrected chi connectivity index (χ1v) is 10.1. The summed E-state index contributed by atoms with van der Waals surface area (Å²) in [5.41, 5.74) is 1.47. The van der Waals surface area contributed by atoms with Crippen LogP contribution in [0.4, 0.5) is 10.2 Å². The van der Waals surface area contributed by atoms with Crippen LogP contribution >= 0.6 is 0 Å². The molecule has 1 atom stereocenters. The van der Waals surface area contributed by atoms with Crippen LogP contribution in [0.5, 0.6) is 0 Å². The molecule has 1 unspecified atom stereocenters. The summed E-state index contributed by atoms with van der Waals surface area (Å²) in [6.45, 7) is 4.89. The lowest BCUT2D eigenvalue weighted by Gasteiger charge is -2.22. The van der Waals surface area contributed by atoms with Gasteiger partial charge in [0.15, 0.2) is 5.82 Å². The number of amides is 2. The van der Waals surface area contributed by atoms with Crippen molar-refractivity contribution in [2.75, 3.05) is 11.9 Å². The molecule has 33 heavy (non-hydrogen) atoms. The SMILES string of the molecule is CNC(=O)c1[nH]c(C)c(/C(O)=C2\C(=O)C(=O)N(c3cc(C)on3)C2c2ccc(F)cc2)c1C. The highest BCUT2D eigenvalue weighted by Gasteiger charge is 2.48. The first kappa shape index (κ1) is 22.0. The lowest BCUT2D eigenvalue weighted by molar-refractivity contribution is -0.132. The summed E-state index contributed by atoms with van der Waals surface area (Å²) in [4.78, 5) is 42.4. The first-order valence-electron chi connectivity index (χ1n) is 10.1. The molecule has 2 amide bonds. The lowest BCUT2D eigenvalue weighted by atomic mass is 9.94. The molecule has 1 aliphatic heterocycles. The van der Waals surface area contributed by atoms with Crippen molar-refractivity contribution in [3.05, 3.63) is 75.6 Å². The van der Waals surface area contributed by atoms with Crippen molar-refractivity contribution in [2.24, 2.45) is 0 Å². The molecule has 3 heterocycles. The van der Waals surface area contributed by atoms with Crippen LogP contribution in [-0.2, 0) is 9.59 Å². The number of Topliss-reactive ketones (excluding diaryl/α,β-unsaturated/α-hetero) is 1. The molecule has 1 fully saturated rings. The van der Waals surface area contributed by atoms with Crippen molar-refractivity contribution in [1.29, 1.82) is 0 Å². The Bertz CT molecular complexity index is 1320. The van der Waals surface area contributed by atoms with Crippen LogP contribution in [-0.4, -0.2) is 39.9 Å². The summed E-state index contributed by atoms with van der Waals surface area (Å²) in [6, 6.07) is 5.63. The second-order valence-corrected chi connectivity index (χ2v) is 7.72. The standard InChI is InChI=1S/C23H21FN4O5/c1-10-9-15(27-33-10)28-19(13-5-7-14(24)8-6-13)17(21(30)23(28)32)20(29)16-11(2)18(22(31)25-4)26-12(16)3/h5-9,19,26,29H,1-4H3,(H,25,31)/b20-17+. The number of nitrogens with zero attached hydrogens (tertiary/aromatic N) is 2. The van der Waals surface area contributed by atoms with Gasteiger partial charge in [-0.2, -0.15) is 0 Å². The highest BCUT2D eigenvalue weighted by atomic mass is 19.1. The summed E-state index contributed by atoms with van der Waals surface area (Å²) < 4.78 is 18.7. The topological polar surface area (TPSA) is 129 Å². The number of H-pyrrole nitrogens is 1. The van der Waals surface area contributed by atoms with Crippen molar-refractivity contribution < 1.29 is 28.4 Å². The van der Waals surface area contributed by atoms with Gasteiger partial charge in [0, 0.05) is 24.4 Å². The van der Waals surface area contributed by atoms with E-state index in [2.05, 4.69) is 15.5 Å². The maximum Gasteiger partial charge on any atom is 0.301 e. The molecule has 0 bridgehead atoms. The van der Waals surface area contributed by atoms with E-state index in [1.54, 1.807) is 20.8 Å². The van der Waals surface area contributed by atoms with Gasteiger partial charge in [0.05, 0.1) is 11.6 Å². The van der Waals surface area contributed by atoms with E-state index >= 15 is 0 Å². The van der Waals surface area contributed by atoms with Gasteiger partial charge in [-0.1, -0.05) is 17.3 Å². The van der Waals surface area contributed by atoms with Gasteiger partial charge >= 0.3 is 5.91 Å². The molecule has 4 rings (SSSR count). The number of hydrogen-bond donors (Lipinski definition) is 3. The van der Waals surface area contributed by atoms with E-state index in [4.69, 9.17) is 4.52 Å². The number of aliphatic hydroxyl groups excluding tert-OH is 1. The molecular weight excluding hydrogens is 431 g/mol. The van der Waals surface area contributed by atoms with Gasteiger partial charge in [0.1, 0.15) is 23.0 Å². The molecule has 9 nitrogen and oxygen atoms in total. The number of aliphatic hydroxyl groups is 1. The zero-order valence-corrected chi connectivity index (χ0v) is 18.3. The van der Waals surface area contributed by atoms with Crippen LogP contribution in [0.25, 0.3) is 5.76 Å². The summed E-state index contributed by atoms with van der Waals surface area (Å²) in [6.07, 6.45) is 0. The third-order valence-electron chi connectivity index (χ3n) is 5.62. The predicted molar refractivity (Wildman–Crippen MR) is 116 cm³/mol. The number of nitrogens with one attached hydrogen (secondary N) is 2. The molecule has 0 saturated carbocycles. The van der Waals surface area contributed by atoms with Crippen molar-refractivity contribution in [1.82, 2.24) is 15.5 Å². The number of halogens is 1. The number of ketones is 1. The minimum absolute atomic E-state index is 0.0801. The number of rotatable bonds is 4. The van der Waals surface area contributed by atoms with E-state index < -0.39 is 35.2 Å². The lowest BCUT2D eigenvalue weighted by Crippen LogP contribution is -2.29. The van der Waals surface area contributed by atoms with E-state index in [0.717, 1.165) is 4.90 Å². The second kappa shape index (κ2) is 8.05. The number of aryl methyl sites for hydroxylation is 2. The van der Waals surface area contributed by atoms with Crippen molar-refractivity contribution >= 4 is 29.2 Å². The first-order chi connectivity index (χ1) is 15.6. The Kier molecular flexibility index (Phi) is 5.36. The molecule has 1 aromatic carbocycles. The fourth-order valence-electron chi connectivity index (χ4n) is 4.09. The highest BCUT2D eigenvalue weighted by molar-refractivity contribution is 6.51. The van der Waals surface area contributed by atoms with Crippen molar-refractivity contribution in [3.8, 4) is 0 Å². The number of hydrogen-bond acceptors (Lipinski definition) is 6. The average molecular weight is 452 g/mol. The number of aromatic amines is 1. The molecule has 2 aromatic heterocycles. The minimum Gasteiger partial charge on any atom is -0.507 e. The highest BCUT2D eigenvalue weighted by Crippen LogP contribution is 2.43. The van der Waals surface area contributed by atoms with Gasteiger partial charge in [-0.25, -0.2) is 4.39 Å². The Morgan fingerprint density at radius 2 is 1.88 bits per heavy atom. The molecule has 1 saturated heterocycles. The number of aromatic nitrogens is 2. The summed E-state index contributed by atoms with van der Waals surface area (Å²) in [7, 11) is 1.47. The van der Waals surface area contributed by atoms with E-state index in [9.17, 15) is 23.9 Å². The smallest absolute Gasteiger partial charge is 0.301 e. The van der Waals surface area contributed by atoms with Crippen molar-refractivity contribution in [3.63, 3.8) is 0 Å². The number of benzene rings is 1. The Labute approximate surface area is 187 Å². The maximum absolute atomic E-state index is 13.6. The monoisotopic (exact) mass is 452 g/mol. The van der Waals surface area contributed by atoms with Crippen LogP contribution < -0.4 is 10.2 Å². The number of carbonyl (C=O) groups is 3. The molecular formula is C23H21FN4O5. The van der Waals surface area contributed by atoms with E-state index in [0.29, 0.717) is 22.6 Å². The zero-order chi connectivity index (χ0) is 24.0. The van der Waals surface area contributed by atoms with Gasteiger partial charge in [-0.05, 0) is 44.0 Å². The summed E-state index contributed by atoms with van der Waals surface area (Å²) in [5, 5.41) is 17.7. The summed E-state index contributed by atoms with van der Waals surface area (Å²) >= 11 is 0. The molecule has 0 spiro atoms. The Balaban J connectivity index is 1.97. The van der Waals surface area contributed by atoms with Crippen LogP contribution in [0.1, 0.15) is 44.7 Å². The fourth-order valence-corrected chi connectivity index (χ4v) is 4.09. The predicted octanol–water partition coefficient (Wildman–Crippen LogP) is 3.05. The Morgan fingerprint density at radius 1 is 1.21 bits per heavy atom. The number of carbonyl (C=O) groups excluding carboxylic acids is 3. The Hall–Kier alpha value is -4.21. The van der Waals surface area contributed by atoms with Crippen LogP contribution in [0, 0.1) is 26.6 Å². The molecule has 10 heteroatoms. The second-order valence-electron chi connectivity index (χ2n) is 7.72. The maximum atomic E-state index is 13.6. The third kappa shape index (κ3) is 3.49. The van der Waals surface area contributed by atoms with E-state index in [1.165, 1.54) is 37.4 Å². The van der Waals surface area contributed by atoms with Gasteiger partial charge < -0.3 is 19.9 Å². The fraction of sp³-hybridized carbons (Fsp3) is 0.217. The van der Waals surface area contributed by atoms with E-state index in [-0.39, 0.29) is 22.6 Å². The molecule has 3 N–H and O–H groups in total. The molecule has 1 aliphatic rings. The van der Waals surface area contributed by atoms with Crippen LogP contribution in [0.3, 0.4) is 0 Å². The number of anilines is 1. The molecule has 0 radical (unpaired) electrons. The molecule has 3 aromatic rings. The van der Waals surface area contributed by atoms with Gasteiger partial charge in [-0.3, -0.25) is 19.3 Å². The average Bonchev–Trinajstić information content (AvgIpc) is 3.42. The largest absolute Gasteiger partial charge is 0.507 e. The normalized spacial score (nSPS) is 17.6. The van der Waals surface area contributed by atoms with Crippen LogP contribution in [0.2, 0.25) is 0 Å². The molecule has 170 valence electrons. The van der Waals surface area contributed by atoms with Gasteiger partial charge in [0.2, 0.25) is 0 Å². The Morgan fingerprint density at radius 3 is 2.45 bits per heavy atom. The summed E-state index contributed by atoms with van der Waals surface area (Å²) in [5.74, 6) is -2.72. The van der Waals surface area contributed by atoms with Gasteiger partial charge in [-0.15, -0.1) is 0 Å². The minimum atomic E-state index is -1.09. The van der Waals surface area contributed by atoms with Crippen LogP contribution in [0.15, 0.2) is 40.4 Å². The van der Waals surface area contributed by atoms with Crippen molar-refractivity contribution in [2.45, 2.75) is 26.8 Å².